The highest BCUT2D eigenvalue weighted by atomic mass is 16.5. The van der Waals surface area contributed by atoms with E-state index in [1.807, 2.05) is 0 Å². The highest BCUT2D eigenvalue weighted by Gasteiger charge is 2.18. The maximum atomic E-state index is 11.6. The number of nitrogens with one attached hydrogen (secondary N) is 1. The molecule has 0 aliphatic rings. The van der Waals surface area contributed by atoms with Crippen LogP contribution in [0.2, 0.25) is 0 Å². The van der Waals surface area contributed by atoms with Crippen LogP contribution in [0.1, 0.15) is 20.3 Å². The summed E-state index contributed by atoms with van der Waals surface area (Å²) in [6.07, 6.45) is 0.226. The summed E-state index contributed by atoms with van der Waals surface area (Å²) < 4.78 is 4.57. The lowest BCUT2D eigenvalue weighted by Gasteiger charge is -2.20. The van der Waals surface area contributed by atoms with Gasteiger partial charge in [0.1, 0.15) is 0 Å². The van der Waals surface area contributed by atoms with Gasteiger partial charge in [0.15, 0.2) is 0 Å². The van der Waals surface area contributed by atoms with Gasteiger partial charge in [0, 0.05) is 33.5 Å². The van der Waals surface area contributed by atoms with Crippen molar-refractivity contribution in [1.82, 2.24) is 10.2 Å². The second-order valence-corrected chi connectivity index (χ2v) is 3.93. The lowest BCUT2D eigenvalue weighted by Crippen LogP contribution is -2.36. The largest absolute Gasteiger partial charge is 0.469 e. The molecule has 0 bridgehead atoms. The molecule has 1 unspecified atom stereocenters. The first-order valence-electron chi connectivity index (χ1n) is 5.44. The number of hydrogen-bond donors (Lipinski definition) is 1. The number of rotatable bonds is 6. The number of methoxy groups -OCH3 is 1. The summed E-state index contributed by atoms with van der Waals surface area (Å²) in [7, 11) is 2.94. The molecular formula is C11H20N2O4. The van der Waals surface area contributed by atoms with Crippen LogP contribution < -0.4 is 5.32 Å². The Balaban J connectivity index is 3.96. The van der Waals surface area contributed by atoms with E-state index in [0.29, 0.717) is 13.1 Å². The van der Waals surface area contributed by atoms with Gasteiger partial charge in [-0.3, -0.25) is 14.4 Å². The Bertz CT molecular complexity index is 291. The van der Waals surface area contributed by atoms with Crippen LogP contribution in [0, 0.1) is 5.92 Å². The quantitative estimate of drug-likeness (QED) is 0.655. The summed E-state index contributed by atoms with van der Waals surface area (Å²) in [5, 5.41) is 2.54. The van der Waals surface area contributed by atoms with E-state index in [9.17, 15) is 14.4 Å². The second-order valence-electron chi connectivity index (χ2n) is 3.93. The number of esters is 1. The average Bonchev–Trinajstić information content (AvgIpc) is 2.26. The smallest absolute Gasteiger partial charge is 0.310 e. The molecule has 0 aromatic heterocycles. The van der Waals surface area contributed by atoms with E-state index >= 15 is 0 Å². The fourth-order valence-corrected chi connectivity index (χ4v) is 1.32. The lowest BCUT2D eigenvalue weighted by atomic mass is 10.1. The Kier molecular flexibility index (Phi) is 6.93. The lowest BCUT2D eigenvalue weighted by molar-refractivity contribution is -0.146. The molecule has 0 radical (unpaired) electrons. The Morgan fingerprint density at radius 2 is 1.94 bits per heavy atom. The molecule has 6 heteroatoms. The summed E-state index contributed by atoms with van der Waals surface area (Å²) in [4.78, 5) is 34.8. The standard InChI is InChI=1S/C11H20N2O4/c1-8(11(16)17-4)7-13(3)10(15)5-6-12-9(2)14/h8H,5-7H2,1-4H3,(H,12,14). The molecule has 0 saturated carbocycles. The predicted molar refractivity (Wildman–Crippen MR) is 62.1 cm³/mol. The molecule has 0 aliphatic heterocycles. The van der Waals surface area contributed by atoms with Crippen LogP contribution in [0.25, 0.3) is 0 Å². The molecule has 0 saturated heterocycles. The highest BCUT2D eigenvalue weighted by molar-refractivity contribution is 5.79. The second kappa shape index (κ2) is 7.65. The molecular weight excluding hydrogens is 224 g/mol. The van der Waals surface area contributed by atoms with Gasteiger partial charge in [-0.05, 0) is 0 Å². The number of nitrogens with zero attached hydrogens (tertiary/aromatic N) is 1. The maximum Gasteiger partial charge on any atom is 0.310 e. The van der Waals surface area contributed by atoms with Gasteiger partial charge in [-0.2, -0.15) is 0 Å². The van der Waals surface area contributed by atoms with Crippen molar-refractivity contribution in [3.8, 4) is 0 Å². The van der Waals surface area contributed by atoms with Crippen molar-refractivity contribution < 1.29 is 19.1 Å². The summed E-state index contributed by atoms with van der Waals surface area (Å²) in [6.45, 7) is 3.72. The van der Waals surface area contributed by atoms with Crippen molar-refractivity contribution in [3.63, 3.8) is 0 Å². The molecule has 17 heavy (non-hydrogen) atoms. The van der Waals surface area contributed by atoms with Crippen molar-refractivity contribution in [2.45, 2.75) is 20.3 Å². The fourth-order valence-electron chi connectivity index (χ4n) is 1.32. The van der Waals surface area contributed by atoms with Gasteiger partial charge in [0.05, 0.1) is 13.0 Å². The number of carbonyl (C=O) groups excluding carboxylic acids is 3. The fraction of sp³-hybridized carbons (Fsp3) is 0.727. The third-order valence-corrected chi connectivity index (χ3v) is 2.29. The molecule has 0 aromatic rings. The molecule has 0 fully saturated rings. The third kappa shape index (κ3) is 6.55. The van der Waals surface area contributed by atoms with Gasteiger partial charge in [-0.1, -0.05) is 6.92 Å². The molecule has 0 spiro atoms. The number of carbonyl (C=O) groups is 3. The van der Waals surface area contributed by atoms with Crippen molar-refractivity contribution in [1.29, 1.82) is 0 Å². The van der Waals surface area contributed by atoms with E-state index in [1.54, 1.807) is 14.0 Å². The first-order valence-corrected chi connectivity index (χ1v) is 5.44. The van der Waals surface area contributed by atoms with Crippen molar-refractivity contribution in [3.05, 3.63) is 0 Å². The summed E-state index contributed by atoms with van der Waals surface area (Å²) in [5.74, 6) is -0.973. The van der Waals surface area contributed by atoms with Crippen LogP contribution in [0.4, 0.5) is 0 Å². The van der Waals surface area contributed by atoms with E-state index in [-0.39, 0.29) is 30.1 Å². The molecule has 0 heterocycles. The van der Waals surface area contributed by atoms with Crippen molar-refractivity contribution in [2.75, 3.05) is 27.2 Å². The Labute approximate surface area is 101 Å². The van der Waals surface area contributed by atoms with Crippen LogP contribution >= 0.6 is 0 Å². The van der Waals surface area contributed by atoms with Crippen LogP contribution in [0.5, 0.6) is 0 Å². The average molecular weight is 244 g/mol. The molecule has 0 aromatic carbocycles. The molecule has 6 nitrogen and oxygen atoms in total. The molecule has 98 valence electrons. The van der Waals surface area contributed by atoms with E-state index in [4.69, 9.17) is 0 Å². The number of amides is 2. The minimum absolute atomic E-state index is 0.116. The van der Waals surface area contributed by atoms with Gasteiger partial charge in [0.2, 0.25) is 11.8 Å². The first kappa shape index (κ1) is 15.4. The SMILES string of the molecule is COC(=O)C(C)CN(C)C(=O)CCNC(C)=O. The third-order valence-electron chi connectivity index (χ3n) is 2.29. The van der Waals surface area contributed by atoms with Crippen LogP contribution in [0.15, 0.2) is 0 Å². The summed E-state index contributed by atoms with van der Waals surface area (Å²) in [6, 6.07) is 0. The van der Waals surface area contributed by atoms with Gasteiger partial charge in [-0.25, -0.2) is 0 Å². The molecule has 0 aliphatic carbocycles. The molecule has 1 atom stereocenters. The van der Waals surface area contributed by atoms with Crippen molar-refractivity contribution >= 4 is 17.8 Å². The summed E-state index contributed by atoms with van der Waals surface area (Å²) in [5.41, 5.74) is 0. The van der Waals surface area contributed by atoms with Crippen LogP contribution in [0.3, 0.4) is 0 Å². The Morgan fingerprint density at radius 3 is 2.41 bits per heavy atom. The zero-order chi connectivity index (χ0) is 13.4. The maximum absolute atomic E-state index is 11.6. The van der Waals surface area contributed by atoms with Crippen molar-refractivity contribution in [2.24, 2.45) is 5.92 Å². The monoisotopic (exact) mass is 244 g/mol. The molecule has 2 amide bonds. The van der Waals surface area contributed by atoms with Gasteiger partial charge in [0.25, 0.3) is 0 Å². The zero-order valence-electron chi connectivity index (χ0n) is 10.8. The number of ether oxygens (including phenoxy) is 1. The molecule has 1 N–H and O–H groups in total. The van der Waals surface area contributed by atoms with E-state index in [1.165, 1.54) is 18.9 Å². The first-order chi connectivity index (χ1) is 7.88. The zero-order valence-corrected chi connectivity index (χ0v) is 10.8. The number of hydrogen-bond acceptors (Lipinski definition) is 4. The topological polar surface area (TPSA) is 75.7 Å². The van der Waals surface area contributed by atoms with E-state index < -0.39 is 0 Å². The predicted octanol–water partition coefficient (Wildman–Crippen LogP) is -0.220. The highest BCUT2D eigenvalue weighted by Crippen LogP contribution is 2.01. The van der Waals surface area contributed by atoms with Crippen LogP contribution in [-0.2, 0) is 19.1 Å². The minimum Gasteiger partial charge on any atom is -0.469 e. The van der Waals surface area contributed by atoms with Gasteiger partial charge >= 0.3 is 5.97 Å². The van der Waals surface area contributed by atoms with Crippen LogP contribution in [-0.4, -0.2) is 49.9 Å². The van der Waals surface area contributed by atoms with E-state index in [0.717, 1.165) is 0 Å². The van der Waals surface area contributed by atoms with Gasteiger partial charge < -0.3 is 15.0 Å². The summed E-state index contributed by atoms with van der Waals surface area (Å²) >= 11 is 0. The van der Waals surface area contributed by atoms with Gasteiger partial charge in [-0.15, -0.1) is 0 Å². The Morgan fingerprint density at radius 1 is 1.35 bits per heavy atom. The molecule has 0 rings (SSSR count). The van der Waals surface area contributed by atoms with E-state index in [2.05, 4.69) is 10.1 Å². The normalized spacial score (nSPS) is 11.5. The minimum atomic E-state index is -0.352. The Hall–Kier alpha value is -1.59.